The van der Waals surface area contributed by atoms with Crippen molar-refractivity contribution < 1.29 is 9.47 Å². The summed E-state index contributed by atoms with van der Waals surface area (Å²) in [4.78, 5) is 11.7. The second-order valence-electron chi connectivity index (χ2n) is 3.27. The Bertz CT molecular complexity index is 550. The van der Waals surface area contributed by atoms with E-state index in [9.17, 15) is 0 Å². The van der Waals surface area contributed by atoms with Crippen molar-refractivity contribution in [2.45, 2.75) is 0 Å². The molecule has 2 aromatic rings. The van der Waals surface area contributed by atoms with E-state index in [1.54, 1.807) is 7.11 Å². The third kappa shape index (κ3) is 2.98. The molecule has 7 heteroatoms. The van der Waals surface area contributed by atoms with Crippen molar-refractivity contribution in [3.8, 4) is 11.8 Å². The van der Waals surface area contributed by atoms with Gasteiger partial charge in [0.25, 0.3) is 0 Å². The van der Waals surface area contributed by atoms with E-state index < -0.39 is 0 Å². The van der Waals surface area contributed by atoms with Gasteiger partial charge in [-0.25, -0.2) is 0 Å². The minimum Gasteiger partial charge on any atom is -0.497 e. The van der Waals surface area contributed by atoms with Crippen LogP contribution < -0.4 is 14.8 Å². The van der Waals surface area contributed by atoms with Crippen LogP contribution in [0.1, 0.15) is 0 Å². The van der Waals surface area contributed by atoms with Crippen molar-refractivity contribution in [1.29, 1.82) is 0 Å². The van der Waals surface area contributed by atoms with E-state index in [0.29, 0.717) is 5.95 Å². The monoisotopic (exact) mass is 266 g/mol. The molecule has 1 heterocycles. The van der Waals surface area contributed by atoms with Gasteiger partial charge in [0, 0.05) is 11.8 Å². The van der Waals surface area contributed by atoms with E-state index in [1.165, 1.54) is 7.11 Å². The normalized spacial score (nSPS) is 9.94. The van der Waals surface area contributed by atoms with Crippen LogP contribution in [0.2, 0.25) is 5.28 Å². The zero-order valence-electron chi connectivity index (χ0n) is 9.85. The van der Waals surface area contributed by atoms with Crippen molar-refractivity contribution in [1.82, 2.24) is 15.0 Å². The van der Waals surface area contributed by atoms with Crippen LogP contribution >= 0.6 is 11.6 Å². The third-order valence-corrected chi connectivity index (χ3v) is 2.27. The highest BCUT2D eigenvalue weighted by Crippen LogP contribution is 2.20. The number of anilines is 2. The van der Waals surface area contributed by atoms with E-state index in [4.69, 9.17) is 21.1 Å². The first-order valence-corrected chi connectivity index (χ1v) is 5.45. The van der Waals surface area contributed by atoms with Gasteiger partial charge in [-0.3, -0.25) is 0 Å². The van der Waals surface area contributed by atoms with Crippen molar-refractivity contribution in [2.75, 3.05) is 19.5 Å². The number of benzene rings is 1. The van der Waals surface area contributed by atoms with Crippen LogP contribution in [0.5, 0.6) is 11.8 Å². The molecule has 94 valence electrons. The lowest BCUT2D eigenvalue weighted by Gasteiger charge is -2.07. The smallest absolute Gasteiger partial charge is 0.322 e. The molecule has 0 radical (unpaired) electrons. The summed E-state index contributed by atoms with van der Waals surface area (Å²) in [6.07, 6.45) is 0. The van der Waals surface area contributed by atoms with E-state index in [1.807, 2.05) is 24.3 Å². The quantitative estimate of drug-likeness (QED) is 0.916. The molecule has 18 heavy (non-hydrogen) atoms. The van der Waals surface area contributed by atoms with E-state index in [-0.39, 0.29) is 11.3 Å². The van der Waals surface area contributed by atoms with Gasteiger partial charge in [-0.15, -0.1) is 0 Å². The molecule has 0 spiro atoms. The Hall–Kier alpha value is -2.08. The third-order valence-electron chi connectivity index (χ3n) is 2.10. The summed E-state index contributed by atoms with van der Waals surface area (Å²) in [5.41, 5.74) is 0.777. The molecule has 1 N–H and O–H groups in total. The van der Waals surface area contributed by atoms with Gasteiger partial charge in [0.2, 0.25) is 11.2 Å². The van der Waals surface area contributed by atoms with Crippen LogP contribution in [-0.4, -0.2) is 29.2 Å². The molecule has 0 amide bonds. The maximum Gasteiger partial charge on any atom is 0.322 e. The fraction of sp³-hybridized carbons (Fsp3) is 0.182. The maximum atomic E-state index is 5.75. The SMILES string of the molecule is COc1cccc(Nc2nc(Cl)nc(OC)n2)c1. The first-order valence-electron chi connectivity index (χ1n) is 5.08. The number of halogens is 1. The van der Waals surface area contributed by atoms with Crippen LogP contribution in [0.3, 0.4) is 0 Å². The average Bonchev–Trinajstić information content (AvgIpc) is 2.38. The van der Waals surface area contributed by atoms with Crippen LogP contribution in [0, 0.1) is 0 Å². The summed E-state index contributed by atoms with van der Waals surface area (Å²) in [5.74, 6) is 1.03. The number of methoxy groups -OCH3 is 2. The van der Waals surface area contributed by atoms with Crippen LogP contribution in [0.25, 0.3) is 0 Å². The Morgan fingerprint density at radius 1 is 1.11 bits per heavy atom. The van der Waals surface area contributed by atoms with Gasteiger partial charge in [0.05, 0.1) is 14.2 Å². The van der Waals surface area contributed by atoms with Crippen molar-refractivity contribution in [3.05, 3.63) is 29.5 Å². The summed E-state index contributed by atoms with van der Waals surface area (Å²) in [6, 6.07) is 7.50. The summed E-state index contributed by atoms with van der Waals surface area (Å²) >= 11 is 5.75. The van der Waals surface area contributed by atoms with Gasteiger partial charge < -0.3 is 14.8 Å². The second-order valence-corrected chi connectivity index (χ2v) is 3.61. The van der Waals surface area contributed by atoms with E-state index >= 15 is 0 Å². The zero-order valence-corrected chi connectivity index (χ0v) is 10.6. The summed E-state index contributed by atoms with van der Waals surface area (Å²) in [6.45, 7) is 0. The molecule has 0 fully saturated rings. The topological polar surface area (TPSA) is 69.2 Å². The number of ether oxygens (including phenoxy) is 2. The number of nitrogens with one attached hydrogen (secondary N) is 1. The number of rotatable bonds is 4. The minimum absolute atomic E-state index is 0.0623. The number of aromatic nitrogens is 3. The van der Waals surface area contributed by atoms with Crippen LogP contribution in [-0.2, 0) is 0 Å². The Labute approximate surface area is 109 Å². The number of hydrogen-bond acceptors (Lipinski definition) is 6. The molecule has 0 aliphatic carbocycles. The summed E-state index contributed by atoms with van der Waals surface area (Å²) in [5, 5.41) is 3.05. The van der Waals surface area contributed by atoms with Crippen molar-refractivity contribution in [3.63, 3.8) is 0 Å². The molecule has 0 unspecified atom stereocenters. The van der Waals surface area contributed by atoms with Gasteiger partial charge in [-0.1, -0.05) is 6.07 Å². The largest absolute Gasteiger partial charge is 0.497 e. The van der Waals surface area contributed by atoms with Gasteiger partial charge >= 0.3 is 6.01 Å². The van der Waals surface area contributed by atoms with Gasteiger partial charge in [-0.2, -0.15) is 15.0 Å². The lowest BCUT2D eigenvalue weighted by atomic mass is 10.3. The van der Waals surface area contributed by atoms with E-state index in [2.05, 4.69) is 20.3 Å². The van der Waals surface area contributed by atoms with Crippen LogP contribution in [0.4, 0.5) is 11.6 Å². The molecular formula is C11H11ClN4O2. The molecule has 0 aliphatic heterocycles. The number of hydrogen-bond donors (Lipinski definition) is 1. The molecule has 1 aromatic carbocycles. The first kappa shape index (κ1) is 12.4. The Balaban J connectivity index is 2.24. The first-order chi connectivity index (χ1) is 8.71. The van der Waals surface area contributed by atoms with Crippen LogP contribution in [0.15, 0.2) is 24.3 Å². The lowest BCUT2D eigenvalue weighted by molar-refractivity contribution is 0.379. The van der Waals surface area contributed by atoms with Gasteiger partial charge in [0.15, 0.2) is 0 Å². The number of nitrogens with zero attached hydrogens (tertiary/aromatic N) is 3. The molecule has 6 nitrogen and oxygen atoms in total. The highest BCUT2D eigenvalue weighted by molar-refractivity contribution is 6.28. The molecule has 2 rings (SSSR count). The average molecular weight is 267 g/mol. The van der Waals surface area contributed by atoms with Crippen molar-refractivity contribution in [2.24, 2.45) is 0 Å². The Kier molecular flexibility index (Phi) is 3.78. The minimum atomic E-state index is 0.0623. The fourth-order valence-electron chi connectivity index (χ4n) is 1.31. The highest BCUT2D eigenvalue weighted by atomic mass is 35.5. The standard InChI is InChI=1S/C11H11ClN4O2/c1-17-8-5-3-4-7(6-8)13-10-14-9(12)15-11(16-10)18-2/h3-6H,1-2H3,(H,13,14,15,16). The molecule has 0 atom stereocenters. The predicted octanol–water partition coefficient (Wildman–Crippen LogP) is 2.29. The zero-order chi connectivity index (χ0) is 13.0. The second kappa shape index (κ2) is 5.50. The van der Waals surface area contributed by atoms with Crippen molar-refractivity contribution >= 4 is 23.2 Å². The summed E-state index contributed by atoms with van der Waals surface area (Å²) in [7, 11) is 3.06. The van der Waals surface area contributed by atoms with Gasteiger partial charge in [0.1, 0.15) is 5.75 Å². The molecule has 0 saturated carbocycles. The molecule has 1 aromatic heterocycles. The summed E-state index contributed by atoms with van der Waals surface area (Å²) < 4.78 is 10.0. The fourth-order valence-corrected chi connectivity index (χ4v) is 1.46. The molecule has 0 aliphatic rings. The van der Waals surface area contributed by atoms with Gasteiger partial charge in [-0.05, 0) is 23.7 Å². The highest BCUT2D eigenvalue weighted by Gasteiger charge is 2.05. The Morgan fingerprint density at radius 3 is 2.67 bits per heavy atom. The Morgan fingerprint density at radius 2 is 1.94 bits per heavy atom. The molecule has 0 saturated heterocycles. The molecule has 0 bridgehead atoms. The predicted molar refractivity (Wildman–Crippen MR) is 67.7 cm³/mol. The maximum absolute atomic E-state index is 5.75. The van der Waals surface area contributed by atoms with E-state index in [0.717, 1.165) is 11.4 Å². The molecular weight excluding hydrogens is 256 g/mol. The lowest BCUT2D eigenvalue weighted by Crippen LogP contribution is -2.01.